The molecule has 0 bridgehead atoms. The zero-order valence-corrected chi connectivity index (χ0v) is 13.9. The minimum absolute atomic E-state index is 0.132. The van der Waals surface area contributed by atoms with Crippen LogP contribution in [0.15, 0.2) is 36.4 Å². The zero-order valence-electron chi connectivity index (χ0n) is 12.3. The van der Waals surface area contributed by atoms with E-state index in [9.17, 15) is 4.79 Å². The van der Waals surface area contributed by atoms with Gasteiger partial charge in [-0.25, -0.2) is 4.98 Å². The summed E-state index contributed by atoms with van der Waals surface area (Å²) in [7, 11) is 0. The van der Waals surface area contributed by atoms with E-state index < -0.39 is 0 Å². The second-order valence-electron chi connectivity index (χ2n) is 5.59. The van der Waals surface area contributed by atoms with Crippen LogP contribution in [0.3, 0.4) is 0 Å². The van der Waals surface area contributed by atoms with Crippen molar-refractivity contribution < 1.29 is 4.79 Å². The molecule has 0 saturated carbocycles. The topological polar surface area (TPSA) is 33.2 Å². The maximum Gasteiger partial charge on any atom is 0.264 e. The molecule has 0 radical (unpaired) electrons. The van der Waals surface area contributed by atoms with Crippen molar-refractivity contribution in [2.24, 2.45) is 0 Å². The van der Waals surface area contributed by atoms with Crippen LogP contribution < -0.4 is 0 Å². The molecule has 1 atom stereocenters. The first-order valence-electron chi connectivity index (χ1n) is 7.45. The first-order valence-corrected chi connectivity index (χ1v) is 9.08. The van der Waals surface area contributed by atoms with Crippen LogP contribution in [-0.2, 0) is 0 Å². The molecule has 3 aromatic rings. The predicted molar refractivity (Wildman–Crippen MR) is 91.7 cm³/mol. The van der Waals surface area contributed by atoms with E-state index in [0.29, 0.717) is 0 Å². The van der Waals surface area contributed by atoms with E-state index in [-0.39, 0.29) is 11.9 Å². The number of carbonyl (C=O) groups is 1. The minimum atomic E-state index is 0.132. The molecule has 1 fully saturated rings. The van der Waals surface area contributed by atoms with Crippen molar-refractivity contribution in [2.75, 3.05) is 6.54 Å². The number of amides is 1. The van der Waals surface area contributed by atoms with Gasteiger partial charge in [0.05, 0.1) is 21.1 Å². The van der Waals surface area contributed by atoms with Crippen LogP contribution >= 0.6 is 22.7 Å². The predicted octanol–water partition coefficient (Wildman–Crippen LogP) is 4.64. The number of aromatic nitrogens is 1. The number of hydrogen-bond donors (Lipinski definition) is 0. The summed E-state index contributed by atoms with van der Waals surface area (Å²) in [5.41, 5.74) is 1.04. The maximum absolute atomic E-state index is 12.8. The Morgan fingerprint density at radius 2 is 2.09 bits per heavy atom. The third-order valence-electron chi connectivity index (χ3n) is 4.06. The van der Waals surface area contributed by atoms with Gasteiger partial charge in [-0.2, -0.15) is 0 Å². The lowest BCUT2D eigenvalue weighted by Crippen LogP contribution is -2.29. The summed E-state index contributed by atoms with van der Waals surface area (Å²) >= 11 is 3.29. The number of nitrogens with zero attached hydrogens (tertiary/aromatic N) is 2. The molecule has 3 heterocycles. The van der Waals surface area contributed by atoms with Crippen LogP contribution in [0.25, 0.3) is 10.2 Å². The van der Waals surface area contributed by atoms with Crippen molar-refractivity contribution in [3.63, 3.8) is 0 Å². The van der Waals surface area contributed by atoms with Gasteiger partial charge in [-0.05, 0) is 44.0 Å². The highest BCUT2D eigenvalue weighted by molar-refractivity contribution is 7.18. The van der Waals surface area contributed by atoms with E-state index in [0.717, 1.165) is 34.8 Å². The minimum Gasteiger partial charge on any atom is -0.328 e. The van der Waals surface area contributed by atoms with Crippen LogP contribution in [0.2, 0.25) is 0 Å². The summed E-state index contributed by atoms with van der Waals surface area (Å²) in [4.78, 5) is 21.5. The number of carbonyl (C=O) groups excluding carboxylic acids is 1. The third-order valence-corrected chi connectivity index (χ3v) is 6.19. The summed E-state index contributed by atoms with van der Waals surface area (Å²) < 4.78 is 1.20. The number of thiazole rings is 1. The van der Waals surface area contributed by atoms with Crippen LogP contribution in [0, 0.1) is 6.92 Å². The van der Waals surface area contributed by atoms with Crippen molar-refractivity contribution in [1.29, 1.82) is 0 Å². The lowest BCUT2D eigenvalue weighted by atomic mass is 10.2. The second kappa shape index (κ2) is 5.48. The Hall–Kier alpha value is -1.72. The Balaban J connectivity index is 1.67. The monoisotopic (exact) mass is 328 g/mol. The normalized spacial score (nSPS) is 18.2. The molecule has 0 spiro atoms. The molecule has 5 heteroatoms. The Morgan fingerprint density at radius 1 is 1.23 bits per heavy atom. The summed E-state index contributed by atoms with van der Waals surface area (Å²) in [6.45, 7) is 2.87. The number of rotatable bonds is 2. The molecule has 1 amide bonds. The summed E-state index contributed by atoms with van der Waals surface area (Å²) in [5, 5.41) is 1.07. The van der Waals surface area contributed by atoms with Gasteiger partial charge < -0.3 is 4.90 Å². The van der Waals surface area contributed by atoms with Gasteiger partial charge in [0.2, 0.25) is 0 Å². The molecule has 1 unspecified atom stereocenters. The van der Waals surface area contributed by atoms with E-state index >= 15 is 0 Å². The molecular weight excluding hydrogens is 312 g/mol. The van der Waals surface area contributed by atoms with Gasteiger partial charge in [0, 0.05) is 11.4 Å². The summed E-state index contributed by atoms with van der Waals surface area (Å²) in [5.74, 6) is 0.153. The van der Waals surface area contributed by atoms with Crippen molar-refractivity contribution in [3.05, 3.63) is 51.2 Å². The standard InChI is InChI=1S/C17H16N2OS2/c1-11-8-9-15(21-11)17(20)19-10-4-6-13(19)16-18-12-5-2-3-7-14(12)22-16/h2-3,5,7-9,13H,4,6,10H2,1H3. The molecule has 1 aromatic carbocycles. The average molecular weight is 328 g/mol. The van der Waals surface area contributed by atoms with E-state index in [1.807, 2.05) is 42.2 Å². The van der Waals surface area contributed by atoms with Gasteiger partial charge in [-0.1, -0.05) is 12.1 Å². The number of thiophene rings is 1. The molecule has 22 heavy (non-hydrogen) atoms. The maximum atomic E-state index is 12.8. The zero-order chi connectivity index (χ0) is 15.1. The smallest absolute Gasteiger partial charge is 0.264 e. The summed E-state index contributed by atoms with van der Waals surface area (Å²) in [6.07, 6.45) is 2.06. The van der Waals surface area contributed by atoms with Gasteiger partial charge in [-0.15, -0.1) is 22.7 Å². The third kappa shape index (κ3) is 2.34. The number of likely N-dealkylation sites (tertiary alicyclic amines) is 1. The van der Waals surface area contributed by atoms with Gasteiger partial charge in [0.1, 0.15) is 5.01 Å². The molecule has 2 aromatic heterocycles. The molecule has 0 aliphatic carbocycles. The fraction of sp³-hybridized carbons (Fsp3) is 0.294. The van der Waals surface area contributed by atoms with Crippen LogP contribution in [-0.4, -0.2) is 22.3 Å². The number of benzene rings is 1. The number of aryl methyl sites for hydroxylation is 1. The quantitative estimate of drug-likeness (QED) is 0.686. The Morgan fingerprint density at radius 3 is 2.86 bits per heavy atom. The highest BCUT2D eigenvalue weighted by atomic mass is 32.1. The van der Waals surface area contributed by atoms with Crippen molar-refractivity contribution >= 4 is 38.8 Å². The van der Waals surface area contributed by atoms with E-state index in [1.54, 1.807) is 22.7 Å². The molecule has 4 rings (SSSR count). The van der Waals surface area contributed by atoms with Gasteiger partial charge in [-0.3, -0.25) is 4.79 Å². The lowest BCUT2D eigenvalue weighted by molar-refractivity contribution is 0.0740. The van der Waals surface area contributed by atoms with Gasteiger partial charge in [0.15, 0.2) is 0 Å². The van der Waals surface area contributed by atoms with E-state index in [1.165, 1.54) is 9.58 Å². The number of hydrogen-bond acceptors (Lipinski definition) is 4. The van der Waals surface area contributed by atoms with Crippen LogP contribution in [0.4, 0.5) is 0 Å². The Labute approximate surface area is 137 Å². The molecular formula is C17H16N2OS2. The number of fused-ring (bicyclic) bond motifs is 1. The molecule has 1 aliphatic rings. The first-order chi connectivity index (χ1) is 10.7. The van der Waals surface area contributed by atoms with Crippen molar-refractivity contribution in [2.45, 2.75) is 25.8 Å². The second-order valence-corrected chi connectivity index (χ2v) is 7.94. The van der Waals surface area contributed by atoms with Crippen LogP contribution in [0.1, 0.15) is 38.4 Å². The largest absolute Gasteiger partial charge is 0.328 e. The fourth-order valence-corrected chi connectivity index (χ4v) is 4.93. The van der Waals surface area contributed by atoms with Crippen LogP contribution in [0.5, 0.6) is 0 Å². The highest BCUT2D eigenvalue weighted by Gasteiger charge is 2.33. The molecule has 3 nitrogen and oxygen atoms in total. The molecule has 0 N–H and O–H groups in total. The SMILES string of the molecule is Cc1ccc(C(=O)N2CCCC2c2nc3ccccc3s2)s1. The van der Waals surface area contributed by atoms with E-state index in [4.69, 9.17) is 4.98 Å². The average Bonchev–Trinajstić information content (AvgIpc) is 3.24. The first kappa shape index (κ1) is 13.9. The van der Waals surface area contributed by atoms with Crippen molar-refractivity contribution in [1.82, 2.24) is 9.88 Å². The molecule has 1 aliphatic heterocycles. The Bertz CT molecular complexity index is 803. The van der Waals surface area contributed by atoms with Gasteiger partial charge >= 0.3 is 0 Å². The number of para-hydroxylation sites is 1. The van der Waals surface area contributed by atoms with Gasteiger partial charge in [0.25, 0.3) is 5.91 Å². The lowest BCUT2D eigenvalue weighted by Gasteiger charge is -2.22. The Kier molecular flexibility index (Phi) is 3.47. The molecule has 1 saturated heterocycles. The van der Waals surface area contributed by atoms with E-state index in [2.05, 4.69) is 6.07 Å². The molecule has 112 valence electrons. The van der Waals surface area contributed by atoms with Crippen molar-refractivity contribution in [3.8, 4) is 0 Å². The highest BCUT2D eigenvalue weighted by Crippen LogP contribution is 2.37. The summed E-state index contributed by atoms with van der Waals surface area (Å²) in [6, 6.07) is 12.3. The fourth-order valence-electron chi connectivity index (χ4n) is 2.99.